The molecule has 3 rings (SSSR count). The second-order valence-corrected chi connectivity index (χ2v) is 8.49. The zero-order valence-electron chi connectivity index (χ0n) is 21.5. The molecular formula is C28H30N4O5. The predicted octanol–water partition coefficient (Wildman–Crippen LogP) is 4.04. The lowest BCUT2D eigenvalue weighted by molar-refractivity contribution is -0.136. The van der Waals surface area contributed by atoms with Gasteiger partial charge in [0.2, 0.25) is 0 Å². The van der Waals surface area contributed by atoms with Crippen LogP contribution in [0.3, 0.4) is 0 Å². The van der Waals surface area contributed by atoms with Crippen LogP contribution in [0, 0.1) is 27.7 Å². The van der Waals surface area contributed by atoms with Crippen LogP contribution in [0.5, 0.6) is 11.5 Å². The van der Waals surface area contributed by atoms with Gasteiger partial charge in [-0.25, -0.2) is 5.43 Å². The minimum Gasteiger partial charge on any atom is -0.493 e. The molecule has 9 nitrogen and oxygen atoms in total. The van der Waals surface area contributed by atoms with E-state index >= 15 is 0 Å². The minimum absolute atomic E-state index is 0.206. The monoisotopic (exact) mass is 502 g/mol. The molecule has 0 aliphatic heterocycles. The van der Waals surface area contributed by atoms with Crippen LogP contribution in [-0.2, 0) is 14.4 Å². The highest BCUT2D eigenvalue weighted by atomic mass is 16.5. The highest BCUT2D eigenvalue weighted by Crippen LogP contribution is 2.27. The van der Waals surface area contributed by atoms with E-state index in [-0.39, 0.29) is 12.5 Å². The molecule has 0 saturated heterocycles. The highest BCUT2D eigenvalue weighted by molar-refractivity contribution is 6.39. The van der Waals surface area contributed by atoms with E-state index in [1.165, 1.54) is 13.3 Å². The van der Waals surface area contributed by atoms with Crippen molar-refractivity contribution in [3.63, 3.8) is 0 Å². The standard InChI is InChI=1S/C28H30N4O5/c1-17-9-11-22(20(4)13-17)30-25(33)16-37-23-12-10-21(14-24(23)36-5)15-29-32-28(35)27(34)31-26-18(2)7-6-8-19(26)3/h6-15H,16H2,1-5H3,(H,30,33)(H,31,34)(H,32,35)/b29-15-. The van der Waals surface area contributed by atoms with Crippen LogP contribution < -0.4 is 25.5 Å². The number of hydrogen-bond acceptors (Lipinski definition) is 6. The Labute approximate surface area is 215 Å². The lowest BCUT2D eigenvalue weighted by atomic mass is 10.1. The first kappa shape index (κ1) is 26.9. The number of ether oxygens (including phenoxy) is 2. The molecule has 0 unspecified atom stereocenters. The predicted molar refractivity (Wildman–Crippen MR) is 143 cm³/mol. The molecule has 192 valence electrons. The Bertz CT molecular complexity index is 1330. The maximum absolute atomic E-state index is 12.3. The van der Waals surface area contributed by atoms with Crippen molar-refractivity contribution in [2.75, 3.05) is 24.4 Å². The van der Waals surface area contributed by atoms with Crippen molar-refractivity contribution in [3.8, 4) is 11.5 Å². The number of aryl methyl sites for hydroxylation is 4. The molecule has 0 aliphatic rings. The SMILES string of the molecule is COc1cc(/C=N\NC(=O)C(=O)Nc2c(C)cccc2C)ccc1OCC(=O)Nc1ccc(C)cc1C. The molecule has 3 amide bonds. The van der Waals surface area contributed by atoms with Crippen molar-refractivity contribution in [1.29, 1.82) is 0 Å². The second kappa shape index (κ2) is 12.3. The smallest absolute Gasteiger partial charge is 0.329 e. The Balaban J connectivity index is 1.55. The van der Waals surface area contributed by atoms with E-state index in [2.05, 4.69) is 21.2 Å². The average molecular weight is 503 g/mol. The van der Waals surface area contributed by atoms with Crippen LogP contribution in [-0.4, -0.2) is 37.7 Å². The molecule has 0 atom stereocenters. The summed E-state index contributed by atoms with van der Waals surface area (Å²) in [5.41, 5.74) is 7.88. The van der Waals surface area contributed by atoms with Crippen molar-refractivity contribution in [2.24, 2.45) is 5.10 Å². The lowest BCUT2D eigenvalue weighted by Crippen LogP contribution is -2.32. The third-order valence-corrected chi connectivity index (χ3v) is 5.51. The fourth-order valence-electron chi connectivity index (χ4n) is 3.57. The molecule has 0 bridgehead atoms. The van der Waals surface area contributed by atoms with Gasteiger partial charge in [-0.05, 0) is 74.2 Å². The quantitative estimate of drug-likeness (QED) is 0.244. The summed E-state index contributed by atoms with van der Waals surface area (Å²) in [5, 5.41) is 9.27. The summed E-state index contributed by atoms with van der Waals surface area (Å²) in [7, 11) is 1.47. The molecule has 9 heteroatoms. The van der Waals surface area contributed by atoms with Gasteiger partial charge < -0.3 is 20.1 Å². The summed E-state index contributed by atoms with van der Waals surface area (Å²) in [6.07, 6.45) is 1.36. The summed E-state index contributed by atoms with van der Waals surface area (Å²) in [6.45, 7) is 7.39. The van der Waals surface area contributed by atoms with Crippen LogP contribution in [0.15, 0.2) is 59.7 Å². The summed E-state index contributed by atoms with van der Waals surface area (Å²) in [5.74, 6) is -1.29. The molecule has 0 fully saturated rings. The number of rotatable bonds is 8. The van der Waals surface area contributed by atoms with E-state index in [1.807, 2.05) is 64.1 Å². The number of para-hydroxylation sites is 1. The van der Waals surface area contributed by atoms with E-state index in [9.17, 15) is 14.4 Å². The zero-order chi connectivity index (χ0) is 26.9. The van der Waals surface area contributed by atoms with Gasteiger partial charge in [0, 0.05) is 11.4 Å². The third-order valence-electron chi connectivity index (χ3n) is 5.51. The number of nitrogens with one attached hydrogen (secondary N) is 3. The molecule has 0 radical (unpaired) electrons. The third kappa shape index (κ3) is 7.41. The number of carbonyl (C=O) groups is 3. The molecule has 0 saturated carbocycles. The van der Waals surface area contributed by atoms with Crippen LogP contribution in [0.25, 0.3) is 0 Å². The number of hydrogen-bond donors (Lipinski definition) is 3. The zero-order valence-corrected chi connectivity index (χ0v) is 21.5. The van der Waals surface area contributed by atoms with Crippen LogP contribution in [0.1, 0.15) is 27.8 Å². The first-order valence-corrected chi connectivity index (χ1v) is 11.6. The van der Waals surface area contributed by atoms with Gasteiger partial charge in [0.15, 0.2) is 18.1 Å². The van der Waals surface area contributed by atoms with Crippen molar-refractivity contribution < 1.29 is 23.9 Å². The number of carbonyl (C=O) groups excluding carboxylic acids is 3. The van der Waals surface area contributed by atoms with Gasteiger partial charge in [0.1, 0.15) is 0 Å². The van der Waals surface area contributed by atoms with Gasteiger partial charge in [-0.15, -0.1) is 0 Å². The Kier molecular flexibility index (Phi) is 8.99. The van der Waals surface area contributed by atoms with Crippen molar-refractivity contribution in [2.45, 2.75) is 27.7 Å². The normalized spacial score (nSPS) is 10.6. The maximum atomic E-state index is 12.3. The number of nitrogens with zero attached hydrogens (tertiary/aromatic N) is 1. The molecule has 3 N–H and O–H groups in total. The van der Waals surface area contributed by atoms with Gasteiger partial charge in [0.25, 0.3) is 5.91 Å². The van der Waals surface area contributed by atoms with E-state index in [1.54, 1.807) is 18.2 Å². The Morgan fingerprint density at radius 3 is 2.24 bits per heavy atom. The molecule has 3 aromatic carbocycles. The number of hydrazone groups is 1. The summed E-state index contributed by atoms with van der Waals surface area (Å²) < 4.78 is 11.0. The first-order valence-electron chi connectivity index (χ1n) is 11.6. The summed E-state index contributed by atoms with van der Waals surface area (Å²) in [4.78, 5) is 36.7. The molecule has 3 aromatic rings. The summed E-state index contributed by atoms with van der Waals surface area (Å²) >= 11 is 0. The van der Waals surface area contributed by atoms with Crippen molar-refractivity contribution >= 4 is 35.3 Å². The Hall–Kier alpha value is -4.66. The fourth-order valence-corrected chi connectivity index (χ4v) is 3.57. The lowest BCUT2D eigenvalue weighted by Gasteiger charge is -2.12. The molecule has 0 heterocycles. The Morgan fingerprint density at radius 2 is 1.57 bits per heavy atom. The van der Waals surface area contributed by atoms with Crippen molar-refractivity contribution in [1.82, 2.24) is 5.43 Å². The molecule has 0 aromatic heterocycles. The number of methoxy groups -OCH3 is 1. The molecular weight excluding hydrogens is 472 g/mol. The topological polar surface area (TPSA) is 118 Å². The van der Waals surface area contributed by atoms with Gasteiger partial charge >= 0.3 is 11.8 Å². The minimum atomic E-state index is -0.902. The van der Waals surface area contributed by atoms with Crippen LogP contribution in [0.2, 0.25) is 0 Å². The first-order chi connectivity index (χ1) is 17.7. The van der Waals surface area contributed by atoms with Gasteiger partial charge in [-0.1, -0.05) is 35.9 Å². The fraction of sp³-hybridized carbons (Fsp3) is 0.214. The number of amides is 3. The molecule has 37 heavy (non-hydrogen) atoms. The van der Waals surface area contributed by atoms with E-state index < -0.39 is 11.8 Å². The van der Waals surface area contributed by atoms with E-state index in [0.717, 1.165) is 27.9 Å². The highest BCUT2D eigenvalue weighted by Gasteiger charge is 2.15. The van der Waals surface area contributed by atoms with Crippen LogP contribution >= 0.6 is 0 Å². The molecule has 0 aliphatic carbocycles. The average Bonchev–Trinajstić information content (AvgIpc) is 2.86. The largest absolute Gasteiger partial charge is 0.493 e. The van der Waals surface area contributed by atoms with Gasteiger partial charge in [-0.2, -0.15) is 5.10 Å². The van der Waals surface area contributed by atoms with Gasteiger partial charge in [-0.3, -0.25) is 14.4 Å². The maximum Gasteiger partial charge on any atom is 0.329 e. The molecule has 0 spiro atoms. The van der Waals surface area contributed by atoms with Crippen molar-refractivity contribution in [3.05, 3.63) is 82.4 Å². The van der Waals surface area contributed by atoms with E-state index in [0.29, 0.717) is 22.7 Å². The number of anilines is 2. The van der Waals surface area contributed by atoms with Gasteiger partial charge in [0.05, 0.1) is 13.3 Å². The number of benzene rings is 3. The van der Waals surface area contributed by atoms with Crippen LogP contribution in [0.4, 0.5) is 11.4 Å². The van der Waals surface area contributed by atoms with E-state index in [4.69, 9.17) is 9.47 Å². The summed E-state index contributed by atoms with van der Waals surface area (Å²) in [6, 6.07) is 16.2. The Morgan fingerprint density at radius 1 is 0.838 bits per heavy atom. The second-order valence-electron chi connectivity index (χ2n) is 8.49.